The fourth-order valence-corrected chi connectivity index (χ4v) is 3.35. The lowest BCUT2D eigenvalue weighted by Gasteiger charge is -2.11. The van der Waals surface area contributed by atoms with E-state index in [0.717, 1.165) is 17.0 Å². The van der Waals surface area contributed by atoms with E-state index < -0.39 is 23.6 Å². The van der Waals surface area contributed by atoms with Gasteiger partial charge in [-0.3, -0.25) is 19.6 Å². The van der Waals surface area contributed by atoms with Crippen LogP contribution in [0.3, 0.4) is 0 Å². The van der Waals surface area contributed by atoms with E-state index in [9.17, 15) is 23.2 Å². The molecule has 31 heavy (non-hydrogen) atoms. The summed E-state index contributed by atoms with van der Waals surface area (Å²) in [6.45, 7) is 1.62. The highest BCUT2D eigenvalue weighted by Gasteiger charge is 2.34. The molecule has 4 rings (SSSR count). The van der Waals surface area contributed by atoms with Gasteiger partial charge in [-0.2, -0.15) is 0 Å². The van der Waals surface area contributed by atoms with Gasteiger partial charge in [-0.05, 0) is 42.3 Å². The Balaban J connectivity index is 1.66. The van der Waals surface area contributed by atoms with E-state index in [4.69, 9.17) is 0 Å². The molecule has 0 radical (unpaired) electrons. The first kappa shape index (κ1) is 20.3. The van der Waals surface area contributed by atoms with E-state index in [2.05, 4.69) is 10.4 Å². The minimum atomic E-state index is -1.07. The van der Waals surface area contributed by atoms with Gasteiger partial charge in [0.15, 0.2) is 11.6 Å². The van der Waals surface area contributed by atoms with Crippen molar-refractivity contribution in [1.82, 2.24) is 20.0 Å². The molecule has 1 aliphatic rings. The first-order valence-electron chi connectivity index (χ1n) is 9.56. The molecule has 0 saturated carbocycles. The quantitative estimate of drug-likeness (QED) is 0.487. The summed E-state index contributed by atoms with van der Waals surface area (Å²) < 4.78 is 27.9. The van der Waals surface area contributed by atoms with Crippen molar-refractivity contribution in [3.05, 3.63) is 93.0 Å². The third-order valence-corrected chi connectivity index (χ3v) is 4.95. The summed E-state index contributed by atoms with van der Waals surface area (Å²) in [4.78, 5) is 38.9. The summed E-state index contributed by atoms with van der Waals surface area (Å²) >= 11 is 0. The number of nitrogens with one attached hydrogen (secondary N) is 2. The molecule has 1 fully saturated rings. The molecule has 0 atom stereocenters. The van der Waals surface area contributed by atoms with Gasteiger partial charge >= 0.3 is 6.03 Å². The van der Waals surface area contributed by atoms with Crippen LogP contribution in [-0.4, -0.2) is 26.6 Å². The van der Waals surface area contributed by atoms with Crippen LogP contribution < -0.4 is 10.9 Å². The minimum absolute atomic E-state index is 0.0707. The average molecular weight is 424 g/mol. The molecule has 2 aromatic carbocycles. The van der Waals surface area contributed by atoms with Crippen molar-refractivity contribution in [3.8, 4) is 5.69 Å². The molecule has 9 heteroatoms. The van der Waals surface area contributed by atoms with E-state index in [-0.39, 0.29) is 28.9 Å². The molecular weight excluding hydrogens is 406 g/mol. The predicted molar refractivity (Wildman–Crippen MR) is 109 cm³/mol. The van der Waals surface area contributed by atoms with Crippen LogP contribution in [0, 0.1) is 11.6 Å². The molecule has 3 aromatic rings. The second-order valence-corrected chi connectivity index (χ2v) is 6.96. The molecule has 3 amide bonds. The maximum Gasteiger partial charge on any atom is 0.329 e. The van der Waals surface area contributed by atoms with Crippen molar-refractivity contribution in [3.63, 3.8) is 0 Å². The molecule has 2 N–H and O–H groups in total. The fraction of sp³-hybridized carbons (Fsp3) is 0.136. The van der Waals surface area contributed by atoms with Crippen molar-refractivity contribution >= 4 is 18.0 Å². The Bertz CT molecular complexity index is 1260. The number of benzene rings is 2. The van der Waals surface area contributed by atoms with Gasteiger partial charge in [0.2, 0.25) is 0 Å². The molecule has 7 nitrogen and oxygen atoms in total. The number of amides is 3. The van der Waals surface area contributed by atoms with Crippen LogP contribution in [0.15, 0.2) is 59.0 Å². The van der Waals surface area contributed by atoms with E-state index in [0.29, 0.717) is 17.8 Å². The highest BCUT2D eigenvalue weighted by Crippen LogP contribution is 2.19. The van der Waals surface area contributed by atoms with Crippen molar-refractivity contribution in [1.29, 1.82) is 0 Å². The fourth-order valence-electron chi connectivity index (χ4n) is 3.35. The summed E-state index contributed by atoms with van der Waals surface area (Å²) in [7, 11) is 0. The highest BCUT2D eigenvalue weighted by atomic mass is 19.2. The van der Waals surface area contributed by atoms with Crippen LogP contribution in [0.25, 0.3) is 11.8 Å². The van der Waals surface area contributed by atoms with E-state index in [1.807, 2.05) is 13.0 Å². The number of carbonyl (C=O) groups is 2. The van der Waals surface area contributed by atoms with Crippen LogP contribution in [-0.2, 0) is 17.8 Å². The standard InChI is InChI=1S/C22H18F2N4O3/c1-2-18-15(20(29)28(26-18)14-6-4-3-5-7-14)11-19-21(30)27(22(31)25-19)12-13-8-9-16(23)17(24)10-13/h3-11,26H,2,12H2,1H3,(H,25,31). The van der Waals surface area contributed by atoms with Crippen molar-refractivity contribution < 1.29 is 18.4 Å². The molecular formula is C22H18F2N4O3. The van der Waals surface area contributed by atoms with Gasteiger partial charge in [0.1, 0.15) is 5.70 Å². The number of aromatic amines is 1. The summed E-state index contributed by atoms with van der Waals surface area (Å²) in [6.07, 6.45) is 1.83. The van der Waals surface area contributed by atoms with E-state index >= 15 is 0 Å². The second-order valence-electron chi connectivity index (χ2n) is 6.96. The highest BCUT2D eigenvalue weighted by molar-refractivity contribution is 6.13. The van der Waals surface area contributed by atoms with Crippen LogP contribution in [0.5, 0.6) is 0 Å². The van der Waals surface area contributed by atoms with Gasteiger partial charge < -0.3 is 5.32 Å². The minimum Gasteiger partial charge on any atom is -0.303 e. The number of imide groups is 1. The predicted octanol–water partition coefficient (Wildman–Crippen LogP) is 3.10. The molecule has 0 aliphatic carbocycles. The zero-order chi connectivity index (χ0) is 22.1. The summed E-state index contributed by atoms with van der Waals surface area (Å²) in [6, 6.07) is 11.4. The van der Waals surface area contributed by atoms with Gasteiger partial charge in [-0.15, -0.1) is 0 Å². The number of rotatable bonds is 5. The largest absolute Gasteiger partial charge is 0.329 e. The van der Waals surface area contributed by atoms with Crippen LogP contribution in [0.4, 0.5) is 13.6 Å². The Kier molecular flexibility index (Phi) is 5.24. The Labute approximate surface area is 175 Å². The normalized spacial score (nSPS) is 15.1. The topological polar surface area (TPSA) is 87.2 Å². The first-order valence-corrected chi connectivity index (χ1v) is 9.56. The van der Waals surface area contributed by atoms with Crippen molar-refractivity contribution in [2.24, 2.45) is 0 Å². The molecule has 1 saturated heterocycles. The van der Waals surface area contributed by atoms with E-state index in [1.165, 1.54) is 16.8 Å². The number of para-hydroxylation sites is 1. The van der Waals surface area contributed by atoms with Crippen molar-refractivity contribution in [2.75, 3.05) is 0 Å². The lowest BCUT2D eigenvalue weighted by molar-refractivity contribution is -0.123. The summed E-state index contributed by atoms with van der Waals surface area (Å²) in [5, 5.41) is 5.47. The summed E-state index contributed by atoms with van der Waals surface area (Å²) in [5.74, 6) is -2.75. The Morgan fingerprint density at radius 2 is 1.74 bits per heavy atom. The molecule has 1 aliphatic heterocycles. The number of urea groups is 1. The van der Waals surface area contributed by atoms with Gasteiger partial charge in [0, 0.05) is 5.69 Å². The molecule has 0 bridgehead atoms. The van der Waals surface area contributed by atoms with Gasteiger partial charge in [-0.25, -0.2) is 18.3 Å². The number of H-pyrrole nitrogens is 1. The maximum atomic E-state index is 13.5. The first-order chi connectivity index (χ1) is 14.9. The number of nitrogens with zero attached hydrogens (tertiary/aromatic N) is 2. The van der Waals surface area contributed by atoms with Crippen molar-refractivity contribution in [2.45, 2.75) is 19.9 Å². The molecule has 158 valence electrons. The second kappa shape index (κ2) is 8.02. The monoisotopic (exact) mass is 424 g/mol. The number of carbonyl (C=O) groups excluding carboxylic acids is 2. The van der Waals surface area contributed by atoms with E-state index in [1.54, 1.807) is 24.3 Å². The van der Waals surface area contributed by atoms with Gasteiger partial charge in [0.25, 0.3) is 11.5 Å². The molecule has 0 spiro atoms. The number of hydrogen-bond donors (Lipinski definition) is 2. The van der Waals surface area contributed by atoms with Crippen LogP contribution in [0.1, 0.15) is 23.7 Å². The summed E-state index contributed by atoms with van der Waals surface area (Å²) in [5.41, 5.74) is 1.31. The average Bonchev–Trinajstić information content (AvgIpc) is 3.22. The number of hydrogen-bond acceptors (Lipinski definition) is 3. The Morgan fingerprint density at radius 3 is 2.42 bits per heavy atom. The molecule has 1 aromatic heterocycles. The Hall–Kier alpha value is -4.01. The zero-order valence-electron chi connectivity index (χ0n) is 16.5. The lowest BCUT2D eigenvalue weighted by atomic mass is 10.1. The third kappa shape index (κ3) is 3.77. The maximum absolute atomic E-state index is 13.5. The molecule has 2 heterocycles. The van der Waals surface area contributed by atoms with Gasteiger partial charge in [0.05, 0.1) is 17.8 Å². The molecule has 0 unspecified atom stereocenters. The van der Waals surface area contributed by atoms with Gasteiger partial charge in [-0.1, -0.05) is 31.2 Å². The zero-order valence-corrected chi connectivity index (χ0v) is 16.5. The third-order valence-electron chi connectivity index (χ3n) is 4.95. The number of aromatic nitrogens is 2. The SMILES string of the molecule is CCc1[nH]n(-c2ccccc2)c(=O)c1C=C1NC(=O)N(Cc2ccc(F)c(F)c2)C1=O. The number of halogens is 2. The lowest BCUT2D eigenvalue weighted by Crippen LogP contribution is -2.30. The Morgan fingerprint density at radius 1 is 1.00 bits per heavy atom. The number of aryl methyl sites for hydroxylation is 1. The smallest absolute Gasteiger partial charge is 0.303 e. The van der Waals surface area contributed by atoms with Crippen LogP contribution in [0.2, 0.25) is 0 Å². The van der Waals surface area contributed by atoms with Crippen LogP contribution >= 0.6 is 0 Å².